The molecule has 0 aliphatic heterocycles. The van der Waals surface area contributed by atoms with Crippen molar-refractivity contribution < 1.29 is 9.32 Å². The van der Waals surface area contributed by atoms with Crippen LogP contribution in [-0.2, 0) is 4.79 Å². The molecule has 0 saturated carbocycles. The highest BCUT2D eigenvalue weighted by Crippen LogP contribution is 2.26. The van der Waals surface area contributed by atoms with Gasteiger partial charge in [0, 0.05) is 22.5 Å². The second kappa shape index (κ2) is 7.93. The number of carbonyl (C=O) groups is 1. The zero-order chi connectivity index (χ0) is 20.4. The van der Waals surface area contributed by atoms with E-state index in [9.17, 15) is 10.1 Å². The number of rotatable bonds is 4. The van der Waals surface area contributed by atoms with E-state index in [1.807, 2.05) is 43.5 Å². The van der Waals surface area contributed by atoms with Crippen LogP contribution in [0.1, 0.15) is 22.7 Å². The minimum absolute atomic E-state index is 0.0531. The number of nitrogens with zero attached hydrogens (tertiary/aromatic N) is 3. The minimum atomic E-state index is -0.561. The molecule has 3 rings (SSSR count). The molecule has 0 radical (unpaired) electrons. The molecule has 0 saturated heterocycles. The molecule has 0 fully saturated rings. The van der Waals surface area contributed by atoms with E-state index in [1.54, 1.807) is 12.1 Å². The summed E-state index contributed by atoms with van der Waals surface area (Å²) in [7, 11) is 0. The molecule has 28 heavy (non-hydrogen) atoms. The summed E-state index contributed by atoms with van der Waals surface area (Å²) < 4.78 is 7.03. The quantitative estimate of drug-likeness (QED) is 0.466. The second-order valence-electron chi connectivity index (χ2n) is 6.21. The maximum absolute atomic E-state index is 12.5. The molecule has 0 spiro atoms. The molecule has 8 heteroatoms. The van der Waals surface area contributed by atoms with Crippen LogP contribution in [0.2, 0.25) is 10.0 Å². The lowest BCUT2D eigenvalue weighted by molar-refractivity contribution is -0.112. The van der Waals surface area contributed by atoms with Gasteiger partial charge in [-0.2, -0.15) is 5.26 Å². The van der Waals surface area contributed by atoms with E-state index >= 15 is 0 Å². The molecule has 1 amide bonds. The van der Waals surface area contributed by atoms with Gasteiger partial charge < -0.3 is 9.84 Å². The number of aromatic nitrogens is 2. The van der Waals surface area contributed by atoms with Gasteiger partial charge in [-0.1, -0.05) is 28.4 Å². The highest BCUT2D eigenvalue weighted by atomic mass is 35.5. The van der Waals surface area contributed by atoms with E-state index in [1.165, 1.54) is 12.1 Å². The fraction of sp³-hybridized carbons (Fsp3) is 0.150. The first kappa shape index (κ1) is 19.7. The third kappa shape index (κ3) is 3.96. The van der Waals surface area contributed by atoms with Crippen molar-refractivity contribution in [2.45, 2.75) is 20.8 Å². The summed E-state index contributed by atoms with van der Waals surface area (Å²) in [5.74, 6) is 0.772. The molecule has 0 unspecified atom stereocenters. The molecular formula is C20H16Cl2N4O2. The Labute approximate surface area is 172 Å². The van der Waals surface area contributed by atoms with Crippen LogP contribution in [0, 0.1) is 32.1 Å². The average Bonchev–Trinajstić information content (AvgIpc) is 3.17. The third-order valence-corrected chi connectivity index (χ3v) is 4.71. The number of nitriles is 1. The van der Waals surface area contributed by atoms with Gasteiger partial charge in [0.25, 0.3) is 5.91 Å². The lowest BCUT2D eigenvalue weighted by Crippen LogP contribution is -2.13. The fourth-order valence-corrected chi connectivity index (χ4v) is 3.29. The predicted molar refractivity (Wildman–Crippen MR) is 109 cm³/mol. The monoisotopic (exact) mass is 414 g/mol. The van der Waals surface area contributed by atoms with Gasteiger partial charge >= 0.3 is 0 Å². The van der Waals surface area contributed by atoms with E-state index in [-0.39, 0.29) is 10.6 Å². The Bertz CT molecular complexity index is 1140. The van der Waals surface area contributed by atoms with Crippen molar-refractivity contribution in [2.24, 2.45) is 0 Å². The van der Waals surface area contributed by atoms with Crippen molar-refractivity contribution in [2.75, 3.05) is 5.32 Å². The molecule has 0 aliphatic rings. The fourth-order valence-electron chi connectivity index (χ4n) is 2.83. The van der Waals surface area contributed by atoms with Gasteiger partial charge in [0.2, 0.25) is 0 Å². The number of benzene rings is 1. The zero-order valence-electron chi connectivity index (χ0n) is 15.4. The normalized spacial score (nSPS) is 11.4. The maximum atomic E-state index is 12.5. The first-order valence-corrected chi connectivity index (χ1v) is 9.06. The van der Waals surface area contributed by atoms with Crippen LogP contribution in [0.25, 0.3) is 11.9 Å². The van der Waals surface area contributed by atoms with Crippen molar-refractivity contribution in [1.29, 1.82) is 5.26 Å². The Balaban J connectivity index is 1.92. The van der Waals surface area contributed by atoms with Crippen LogP contribution in [0.4, 0.5) is 5.69 Å². The van der Waals surface area contributed by atoms with Crippen LogP contribution in [0.15, 0.2) is 40.4 Å². The number of carbonyl (C=O) groups excluding carboxylic acids is 1. The highest BCUT2D eigenvalue weighted by Gasteiger charge is 2.16. The Morgan fingerprint density at radius 3 is 2.61 bits per heavy atom. The van der Waals surface area contributed by atoms with Crippen molar-refractivity contribution in [3.05, 3.63) is 68.7 Å². The van der Waals surface area contributed by atoms with Gasteiger partial charge in [-0.15, -0.1) is 0 Å². The summed E-state index contributed by atoms with van der Waals surface area (Å²) >= 11 is 11.9. The summed E-state index contributed by atoms with van der Waals surface area (Å²) in [6, 6.07) is 10.3. The first-order valence-electron chi connectivity index (χ1n) is 8.31. The topological polar surface area (TPSA) is 83.9 Å². The number of nitrogens with one attached hydrogen (secondary N) is 1. The van der Waals surface area contributed by atoms with E-state index in [0.717, 1.165) is 17.0 Å². The SMILES string of the molecule is Cc1cc(-n2c(C)cc(/C=C(\C#N)C(=O)Nc3ccc(Cl)cc3Cl)c2C)no1. The lowest BCUT2D eigenvalue weighted by Gasteiger charge is -2.07. The summed E-state index contributed by atoms with van der Waals surface area (Å²) in [6.45, 7) is 5.60. The molecule has 2 aromatic heterocycles. The van der Waals surface area contributed by atoms with E-state index < -0.39 is 5.91 Å². The van der Waals surface area contributed by atoms with Gasteiger partial charge in [0.05, 0.1) is 10.7 Å². The average molecular weight is 415 g/mol. The predicted octanol–water partition coefficient (Wildman–Crippen LogP) is 5.24. The van der Waals surface area contributed by atoms with E-state index in [2.05, 4.69) is 10.5 Å². The van der Waals surface area contributed by atoms with Gasteiger partial charge in [0.1, 0.15) is 17.4 Å². The summed E-state index contributed by atoms with van der Waals surface area (Å²) in [5.41, 5.74) is 2.78. The van der Waals surface area contributed by atoms with Crippen molar-refractivity contribution in [3.63, 3.8) is 0 Å². The Morgan fingerprint density at radius 2 is 2.00 bits per heavy atom. The molecule has 3 aromatic rings. The van der Waals surface area contributed by atoms with E-state index in [0.29, 0.717) is 22.3 Å². The number of hydrogen-bond donors (Lipinski definition) is 1. The molecule has 1 N–H and O–H groups in total. The number of halogens is 2. The molecule has 0 atom stereocenters. The standard InChI is InChI=1S/C20H16Cl2N4O2/c1-11-6-14(13(3)26(11)19-7-12(2)28-25-19)8-15(10-23)20(27)24-18-5-4-16(21)9-17(18)22/h4-9H,1-3H3,(H,24,27)/b15-8+. The Kier molecular flexibility index (Phi) is 5.59. The first-order chi connectivity index (χ1) is 13.3. The van der Waals surface area contributed by atoms with Crippen LogP contribution in [0.5, 0.6) is 0 Å². The zero-order valence-corrected chi connectivity index (χ0v) is 16.9. The number of aryl methyl sites for hydroxylation is 2. The van der Waals surface area contributed by atoms with Crippen LogP contribution in [-0.4, -0.2) is 15.6 Å². The summed E-state index contributed by atoms with van der Waals surface area (Å²) in [6.07, 6.45) is 1.53. The van der Waals surface area contributed by atoms with Gasteiger partial charge in [-0.3, -0.25) is 9.36 Å². The summed E-state index contributed by atoms with van der Waals surface area (Å²) in [5, 5.41) is 16.9. The molecule has 1 aromatic carbocycles. The largest absolute Gasteiger partial charge is 0.360 e. The van der Waals surface area contributed by atoms with Gasteiger partial charge in [-0.25, -0.2) is 0 Å². The second-order valence-corrected chi connectivity index (χ2v) is 7.05. The molecular weight excluding hydrogens is 399 g/mol. The van der Waals surface area contributed by atoms with Crippen molar-refractivity contribution >= 4 is 40.9 Å². The minimum Gasteiger partial charge on any atom is -0.360 e. The number of hydrogen-bond acceptors (Lipinski definition) is 4. The van der Waals surface area contributed by atoms with Gasteiger partial charge in [0.15, 0.2) is 5.82 Å². The Morgan fingerprint density at radius 1 is 1.25 bits per heavy atom. The lowest BCUT2D eigenvalue weighted by atomic mass is 10.1. The van der Waals surface area contributed by atoms with Crippen LogP contribution in [0.3, 0.4) is 0 Å². The van der Waals surface area contributed by atoms with Gasteiger partial charge in [-0.05, 0) is 56.7 Å². The number of anilines is 1. The third-order valence-electron chi connectivity index (χ3n) is 4.16. The molecule has 142 valence electrons. The maximum Gasteiger partial charge on any atom is 0.266 e. The van der Waals surface area contributed by atoms with Crippen LogP contribution >= 0.6 is 23.2 Å². The molecule has 0 aliphatic carbocycles. The van der Waals surface area contributed by atoms with Crippen molar-refractivity contribution in [1.82, 2.24) is 9.72 Å². The summed E-state index contributed by atoms with van der Waals surface area (Å²) in [4.78, 5) is 12.5. The van der Waals surface area contributed by atoms with Crippen LogP contribution < -0.4 is 5.32 Å². The Hall–Kier alpha value is -3.01. The molecule has 0 bridgehead atoms. The highest BCUT2D eigenvalue weighted by molar-refractivity contribution is 6.36. The van der Waals surface area contributed by atoms with Crippen molar-refractivity contribution in [3.8, 4) is 11.9 Å². The number of amides is 1. The molecule has 2 heterocycles. The smallest absolute Gasteiger partial charge is 0.266 e. The molecule has 6 nitrogen and oxygen atoms in total. The van der Waals surface area contributed by atoms with E-state index in [4.69, 9.17) is 27.7 Å².